The van der Waals surface area contributed by atoms with Crippen molar-refractivity contribution in [2.45, 2.75) is 31.7 Å². The molecule has 178 valence electrons. The molecule has 2 aromatic carbocycles. The number of amides is 1. The van der Waals surface area contributed by atoms with Gasteiger partial charge in [0.1, 0.15) is 0 Å². The van der Waals surface area contributed by atoms with Crippen molar-refractivity contribution >= 4 is 23.4 Å². The summed E-state index contributed by atoms with van der Waals surface area (Å²) >= 11 is 1.50. The molecule has 0 spiro atoms. The summed E-state index contributed by atoms with van der Waals surface area (Å²) in [5, 5.41) is 9.21. The Labute approximate surface area is 202 Å². The Morgan fingerprint density at radius 2 is 1.79 bits per heavy atom. The molecule has 0 saturated heterocycles. The van der Waals surface area contributed by atoms with Crippen LogP contribution in [0.3, 0.4) is 0 Å². The second kappa shape index (κ2) is 10.2. The van der Waals surface area contributed by atoms with Crippen molar-refractivity contribution < 1.29 is 23.7 Å². The zero-order valence-electron chi connectivity index (χ0n) is 19.7. The van der Waals surface area contributed by atoms with Gasteiger partial charge >= 0.3 is 0 Å². The molecular weight excluding hydrogens is 456 g/mol. The lowest BCUT2D eigenvalue weighted by molar-refractivity contribution is -0.118. The van der Waals surface area contributed by atoms with Crippen molar-refractivity contribution in [2.24, 2.45) is 0 Å². The van der Waals surface area contributed by atoms with Gasteiger partial charge in [0.05, 0.1) is 27.0 Å². The van der Waals surface area contributed by atoms with Crippen LogP contribution < -0.4 is 23.8 Å². The molecule has 0 aliphatic carbocycles. The molecule has 0 N–H and O–H groups in total. The van der Waals surface area contributed by atoms with Crippen LogP contribution in [0.25, 0.3) is 11.3 Å². The first-order chi connectivity index (χ1) is 16.5. The predicted molar refractivity (Wildman–Crippen MR) is 129 cm³/mol. The summed E-state index contributed by atoms with van der Waals surface area (Å²) in [5.41, 5.74) is 2.43. The van der Waals surface area contributed by atoms with Crippen molar-refractivity contribution in [3.8, 4) is 34.4 Å². The van der Waals surface area contributed by atoms with Gasteiger partial charge in [-0.1, -0.05) is 36.9 Å². The highest BCUT2D eigenvalue weighted by Gasteiger charge is 2.35. The largest absolute Gasteiger partial charge is 0.493 e. The molecule has 4 rings (SSSR count). The number of aromatic nitrogens is 3. The standard InChI is InChI=1S/C24H26N4O5S/c1-6-11-34-24-25-22-20(26-27-24)16-9-7-8-10-17(16)28(14(2)29)23(33-22)15-12-18(30-3)21(32-5)19(13-15)31-4/h7-10,12-13,23H,6,11H2,1-5H3. The van der Waals surface area contributed by atoms with Crippen LogP contribution in [-0.2, 0) is 4.79 Å². The summed E-state index contributed by atoms with van der Waals surface area (Å²) in [7, 11) is 4.61. The quantitative estimate of drug-likeness (QED) is 0.451. The number of hydrogen-bond donors (Lipinski definition) is 0. The number of thioether (sulfide) groups is 1. The van der Waals surface area contributed by atoms with E-state index in [0.29, 0.717) is 50.8 Å². The van der Waals surface area contributed by atoms with E-state index in [1.54, 1.807) is 17.0 Å². The Morgan fingerprint density at radius 3 is 2.41 bits per heavy atom. The van der Waals surface area contributed by atoms with Gasteiger partial charge in [0.15, 0.2) is 17.2 Å². The van der Waals surface area contributed by atoms with E-state index in [9.17, 15) is 4.79 Å². The average molecular weight is 483 g/mol. The van der Waals surface area contributed by atoms with E-state index in [1.807, 2.05) is 24.3 Å². The second-order valence-corrected chi connectivity index (χ2v) is 8.49. The predicted octanol–water partition coefficient (Wildman–Crippen LogP) is 4.51. The molecule has 0 radical (unpaired) electrons. The van der Waals surface area contributed by atoms with Crippen LogP contribution in [0.15, 0.2) is 41.6 Å². The molecule has 1 aliphatic heterocycles. The molecule has 1 unspecified atom stereocenters. The molecule has 0 saturated carbocycles. The van der Waals surface area contributed by atoms with Gasteiger partial charge in [0.25, 0.3) is 0 Å². The fourth-order valence-electron chi connectivity index (χ4n) is 3.77. The summed E-state index contributed by atoms with van der Waals surface area (Å²) < 4.78 is 22.9. The highest BCUT2D eigenvalue weighted by atomic mass is 32.2. The minimum absolute atomic E-state index is 0.215. The van der Waals surface area contributed by atoms with Crippen LogP contribution in [0, 0.1) is 0 Å². The van der Waals surface area contributed by atoms with E-state index in [4.69, 9.17) is 18.9 Å². The highest BCUT2D eigenvalue weighted by molar-refractivity contribution is 7.99. The minimum Gasteiger partial charge on any atom is -0.493 e. The number of methoxy groups -OCH3 is 3. The molecule has 9 nitrogen and oxygen atoms in total. The van der Waals surface area contributed by atoms with Crippen LogP contribution in [-0.4, -0.2) is 48.2 Å². The number of benzene rings is 2. The smallest absolute Gasteiger partial charge is 0.247 e. The van der Waals surface area contributed by atoms with Crippen LogP contribution in [0.4, 0.5) is 5.69 Å². The third-order valence-electron chi connectivity index (χ3n) is 5.26. The Kier molecular flexibility index (Phi) is 7.06. The van der Waals surface area contributed by atoms with Gasteiger partial charge in [-0.2, -0.15) is 4.98 Å². The van der Waals surface area contributed by atoms with Gasteiger partial charge in [-0.25, -0.2) is 0 Å². The van der Waals surface area contributed by atoms with E-state index >= 15 is 0 Å². The van der Waals surface area contributed by atoms with E-state index in [0.717, 1.165) is 12.2 Å². The topological polar surface area (TPSA) is 95.9 Å². The maximum atomic E-state index is 13.0. The maximum Gasteiger partial charge on any atom is 0.247 e. The molecule has 34 heavy (non-hydrogen) atoms. The van der Waals surface area contributed by atoms with E-state index in [1.165, 1.54) is 40.0 Å². The van der Waals surface area contributed by atoms with E-state index < -0.39 is 6.23 Å². The SMILES string of the molecule is CCCSc1nnc2c(n1)OC(c1cc(OC)c(OC)c(OC)c1)N(C(C)=O)c1ccccc1-2. The molecule has 2 heterocycles. The summed E-state index contributed by atoms with van der Waals surface area (Å²) in [4.78, 5) is 19.2. The first-order valence-corrected chi connectivity index (χ1v) is 11.7. The number of carbonyl (C=O) groups excluding carboxylic acids is 1. The van der Waals surface area contributed by atoms with Gasteiger partial charge in [-0.15, -0.1) is 10.2 Å². The Morgan fingerprint density at radius 1 is 1.09 bits per heavy atom. The van der Waals surface area contributed by atoms with E-state index in [-0.39, 0.29) is 5.91 Å². The van der Waals surface area contributed by atoms with Gasteiger partial charge in [0.2, 0.25) is 28.9 Å². The first-order valence-electron chi connectivity index (χ1n) is 10.8. The molecule has 1 aromatic heterocycles. The van der Waals surface area contributed by atoms with Crippen molar-refractivity contribution in [1.82, 2.24) is 15.2 Å². The van der Waals surface area contributed by atoms with Crippen LogP contribution in [0.5, 0.6) is 23.1 Å². The molecule has 3 aromatic rings. The number of nitrogens with zero attached hydrogens (tertiary/aromatic N) is 4. The number of ether oxygens (including phenoxy) is 4. The van der Waals surface area contributed by atoms with Gasteiger partial charge in [-0.3, -0.25) is 9.69 Å². The number of carbonyl (C=O) groups is 1. The van der Waals surface area contributed by atoms with Crippen LogP contribution >= 0.6 is 11.8 Å². The summed E-state index contributed by atoms with van der Waals surface area (Å²) in [5.74, 6) is 2.27. The molecule has 10 heteroatoms. The lowest BCUT2D eigenvalue weighted by atomic mass is 10.1. The summed E-state index contributed by atoms with van der Waals surface area (Å²) in [6.07, 6.45) is 0.107. The molecule has 1 aliphatic rings. The average Bonchev–Trinajstić information content (AvgIpc) is 3.00. The fraction of sp³-hybridized carbons (Fsp3) is 0.333. The number of para-hydroxylation sites is 1. The second-order valence-electron chi connectivity index (χ2n) is 7.43. The molecule has 0 fully saturated rings. The minimum atomic E-state index is -0.866. The number of hydrogen-bond acceptors (Lipinski definition) is 9. The van der Waals surface area contributed by atoms with Gasteiger partial charge in [-0.05, 0) is 24.6 Å². The van der Waals surface area contributed by atoms with Crippen molar-refractivity contribution in [2.75, 3.05) is 32.0 Å². The molecule has 1 atom stereocenters. The lowest BCUT2D eigenvalue weighted by Gasteiger charge is -2.30. The van der Waals surface area contributed by atoms with Crippen LogP contribution in [0.1, 0.15) is 32.1 Å². The van der Waals surface area contributed by atoms with Crippen molar-refractivity contribution in [3.63, 3.8) is 0 Å². The monoisotopic (exact) mass is 482 g/mol. The zero-order chi connectivity index (χ0) is 24.2. The Balaban J connectivity index is 1.94. The zero-order valence-corrected chi connectivity index (χ0v) is 20.5. The van der Waals surface area contributed by atoms with Crippen molar-refractivity contribution in [1.29, 1.82) is 0 Å². The maximum absolute atomic E-state index is 13.0. The third-order valence-corrected chi connectivity index (χ3v) is 6.30. The third kappa shape index (κ3) is 4.33. The fourth-order valence-corrected chi connectivity index (χ4v) is 4.40. The molecular formula is C24H26N4O5S. The number of fused-ring (bicyclic) bond motifs is 3. The first kappa shape index (κ1) is 23.6. The lowest BCUT2D eigenvalue weighted by Crippen LogP contribution is -2.36. The summed E-state index contributed by atoms with van der Waals surface area (Å²) in [6.45, 7) is 3.57. The summed E-state index contributed by atoms with van der Waals surface area (Å²) in [6, 6.07) is 11.0. The van der Waals surface area contributed by atoms with Crippen molar-refractivity contribution in [3.05, 3.63) is 42.0 Å². The van der Waals surface area contributed by atoms with Crippen LogP contribution in [0.2, 0.25) is 0 Å². The Hall–Kier alpha value is -3.53. The van der Waals surface area contributed by atoms with Gasteiger partial charge < -0.3 is 18.9 Å². The number of anilines is 1. The molecule has 0 bridgehead atoms. The Bertz CT molecular complexity index is 1180. The normalized spacial score (nSPS) is 14.4. The van der Waals surface area contributed by atoms with E-state index in [2.05, 4.69) is 22.1 Å². The molecule has 1 amide bonds. The highest BCUT2D eigenvalue weighted by Crippen LogP contribution is 2.46. The number of rotatable bonds is 7. The van der Waals surface area contributed by atoms with Gasteiger partial charge in [0, 0.05) is 23.8 Å².